The molecule has 162 valence electrons. The number of aliphatic hydroxyl groups is 1. The molecule has 3 aromatic rings. The van der Waals surface area contributed by atoms with Crippen LogP contribution in [0.25, 0.3) is 22.2 Å². The van der Waals surface area contributed by atoms with Crippen molar-refractivity contribution in [2.75, 3.05) is 20.6 Å². The Kier molecular flexibility index (Phi) is 6.90. The first kappa shape index (κ1) is 22.3. The summed E-state index contributed by atoms with van der Waals surface area (Å²) in [7, 11) is 5.30. The Bertz CT molecular complexity index is 1160. The summed E-state index contributed by atoms with van der Waals surface area (Å²) in [6.07, 6.45) is -0.462. The highest BCUT2D eigenvalue weighted by Crippen LogP contribution is 2.24. The Balaban J connectivity index is 1.65. The molecule has 0 spiro atoms. The van der Waals surface area contributed by atoms with Gasteiger partial charge in [-0.25, -0.2) is 4.79 Å². The van der Waals surface area contributed by atoms with Crippen molar-refractivity contribution in [2.24, 2.45) is 7.05 Å². The quantitative estimate of drug-likeness (QED) is 0.571. The molecule has 31 heavy (non-hydrogen) atoms. The van der Waals surface area contributed by atoms with Crippen molar-refractivity contribution in [2.45, 2.75) is 25.0 Å². The van der Waals surface area contributed by atoms with E-state index in [1.165, 1.54) is 4.57 Å². The van der Waals surface area contributed by atoms with E-state index in [1.54, 1.807) is 18.0 Å². The van der Waals surface area contributed by atoms with Crippen LogP contribution >= 0.6 is 0 Å². The minimum absolute atomic E-state index is 0.0473. The highest BCUT2D eigenvalue weighted by atomic mass is 16.4. The number of carbonyl (C=O) groups excluding carboxylic acids is 1. The van der Waals surface area contributed by atoms with E-state index in [0.717, 1.165) is 22.2 Å². The summed E-state index contributed by atoms with van der Waals surface area (Å²) in [5.41, 5.74) is 4.06. The molecule has 0 aliphatic carbocycles. The fourth-order valence-corrected chi connectivity index (χ4v) is 3.46. The van der Waals surface area contributed by atoms with E-state index in [2.05, 4.69) is 11.4 Å². The van der Waals surface area contributed by atoms with E-state index in [0.29, 0.717) is 18.5 Å². The zero-order valence-corrected chi connectivity index (χ0v) is 17.8. The molecule has 0 fully saturated rings. The lowest BCUT2D eigenvalue weighted by Gasteiger charge is -2.17. The van der Waals surface area contributed by atoms with Gasteiger partial charge in [0.1, 0.15) is 6.04 Å². The Hall–Kier alpha value is -3.41. The zero-order valence-electron chi connectivity index (χ0n) is 17.8. The number of oxazole rings is 1. The second-order valence-electron chi connectivity index (χ2n) is 7.88. The first-order chi connectivity index (χ1) is 14.8. The summed E-state index contributed by atoms with van der Waals surface area (Å²) in [5.74, 6) is -0.752. The lowest BCUT2D eigenvalue weighted by Crippen LogP contribution is -2.38. The zero-order chi connectivity index (χ0) is 22.5. The van der Waals surface area contributed by atoms with Crippen LogP contribution in [0.15, 0.2) is 51.7 Å². The number of aliphatic hydroxyl groups excluding tert-OH is 1. The number of nitrogens with one attached hydrogen (secondary N) is 1. The van der Waals surface area contributed by atoms with Crippen LogP contribution in [0, 0.1) is 11.3 Å². The Morgan fingerprint density at radius 2 is 1.90 bits per heavy atom. The van der Waals surface area contributed by atoms with Crippen LogP contribution in [-0.4, -0.2) is 53.3 Å². The van der Waals surface area contributed by atoms with Gasteiger partial charge in [0.25, 0.3) is 0 Å². The van der Waals surface area contributed by atoms with E-state index in [9.17, 15) is 20.0 Å². The molecule has 0 saturated heterocycles. The minimum atomic E-state index is -0.777. The van der Waals surface area contributed by atoms with Gasteiger partial charge in [-0.05, 0) is 42.9 Å². The highest BCUT2D eigenvalue weighted by molar-refractivity contribution is 5.80. The highest BCUT2D eigenvalue weighted by Gasteiger charge is 2.16. The van der Waals surface area contributed by atoms with E-state index in [-0.39, 0.29) is 12.3 Å². The van der Waals surface area contributed by atoms with Gasteiger partial charge < -0.3 is 19.7 Å². The number of aryl methyl sites for hydroxylation is 1. The van der Waals surface area contributed by atoms with Crippen molar-refractivity contribution >= 4 is 17.0 Å². The fourth-order valence-electron chi connectivity index (χ4n) is 3.46. The van der Waals surface area contributed by atoms with Crippen molar-refractivity contribution in [3.63, 3.8) is 0 Å². The maximum atomic E-state index is 12.1. The maximum absolute atomic E-state index is 12.1. The number of amides is 1. The van der Waals surface area contributed by atoms with Crippen LogP contribution < -0.4 is 11.1 Å². The molecule has 2 N–H and O–H groups in total. The number of hydrogen-bond donors (Lipinski definition) is 2. The van der Waals surface area contributed by atoms with E-state index in [1.807, 2.05) is 50.5 Å². The van der Waals surface area contributed by atoms with Crippen LogP contribution in [0.3, 0.4) is 0 Å². The average Bonchev–Trinajstić information content (AvgIpc) is 3.00. The molecule has 8 nitrogen and oxygen atoms in total. The molecule has 0 radical (unpaired) electrons. The largest absolute Gasteiger partial charge is 0.419 e. The van der Waals surface area contributed by atoms with Crippen molar-refractivity contribution in [3.8, 4) is 17.2 Å². The van der Waals surface area contributed by atoms with Crippen molar-refractivity contribution in [1.82, 2.24) is 14.8 Å². The summed E-state index contributed by atoms with van der Waals surface area (Å²) in [6.45, 7) is 0.380. The number of fused-ring (bicyclic) bond motifs is 1. The molecule has 3 rings (SSSR count). The number of hydrogen-bond acceptors (Lipinski definition) is 6. The van der Waals surface area contributed by atoms with Crippen molar-refractivity contribution in [3.05, 3.63) is 58.6 Å². The van der Waals surface area contributed by atoms with Gasteiger partial charge in [-0.1, -0.05) is 30.3 Å². The topological polar surface area (TPSA) is 112 Å². The average molecular weight is 422 g/mol. The number of aromatic nitrogens is 1. The molecule has 0 aliphatic heterocycles. The predicted octanol–water partition coefficient (Wildman–Crippen LogP) is 1.66. The standard InChI is InChI=1S/C23H26N4O4/c1-26(2)14-19(28)12-22(29)25-18(13-24)10-15-4-6-16(7-5-15)17-8-9-21-20(11-17)27(3)23(30)31-21/h4-9,11,18-19,28H,10,12,14H2,1-3H3,(H,25,29)/t18-,19+/m0/s1. The number of likely N-dealkylation sites (N-methyl/N-ethyl adjacent to an activating group) is 1. The first-order valence-corrected chi connectivity index (χ1v) is 9.97. The second-order valence-corrected chi connectivity index (χ2v) is 7.88. The molecular formula is C23H26N4O4. The molecule has 0 aliphatic rings. The third kappa shape index (κ3) is 5.60. The molecular weight excluding hydrogens is 396 g/mol. The molecule has 2 aromatic carbocycles. The van der Waals surface area contributed by atoms with Gasteiger partial charge in [0.15, 0.2) is 5.58 Å². The van der Waals surface area contributed by atoms with Gasteiger partial charge in [0, 0.05) is 20.0 Å². The van der Waals surface area contributed by atoms with Crippen LogP contribution in [0.5, 0.6) is 0 Å². The van der Waals surface area contributed by atoms with Crippen LogP contribution in [0.1, 0.15) is 12.0 Å². The molecule has 1 aromatic heterocycles. The van der Waals surface area contributed by atoms with Crippen LogP contribution in [0.2, 0.25) is 0 Å². The summed E-state index contributed by atoms with van der Waals surface area (Å²) < 4.78 is 6.62. The summed E-state index contributed by atoms with van der Waals surface area (Å²) in [5, 5.41) is 22.0. The van der Waals surface area contributed by atoms with Gasteiger partial charge in [-0.3, -0.25) is 9.36 Å². The molecule has 1 amide bonds. The van der Waals surface area contributed by atoms with E-state index in [4.69, 9.17) is 4.42 Å². The fraction of sp³-hybridized carbons (Fsp3) is 0.348. The number of nitriles is 1. The molecule has 8 heteroatoms. The second kappa shape index (κ2) is 9.60. The molecule has 0 bridgehead atoms. The van der Waals surface area contributed by atoms with Crippen molar-refractivity contribution < 1.29 is 14.3 Å². The monoisotopic (exact) mass is 422 g/mol. The predicted molar refractivity (Wildman–Crippen MR) is 117 cm³/mol. The summed E-state index contributed by atoms with van der Waals surface area (Å²) in [4.78, 5) is 25.6. The lowest BCUT2D eigenvalue weighted by molar-refractivity contribution is -0.123. The normalized spacial score (nSPS) is 13.2. The minimum Gasteiger partial charge on any atom is -0.408 e. The molecule has 0 unspecified atom stereocenters. The van der Waals surface area contributed by atoms with Gasteiger partial charge >= 0.3 is 5.76 Å². The number of rotatable bonds is 8. The van der Waals surface area contributed by atoms with E-state index >= 15 is 0 Å². The number of benzene rings is 2. The Morgan fingerprint density at radius 1 is 1.23 bits per heavy atom. The number of carbonyl (C=O) groups is 1. The summed E-state index contributed by atoms with van der Waals surface area (Å²) >= 11 is 0. The Labute approximate surface area is 180 Å². The summed E-state index contributed by atoms with van der Waals surface area (Å²) in [6, 6.07) is 14.7. The smallest absolute Gasteiger partial charge is 0.408 e. The first-order valence-electron chi connectivity index (χ1n) is 9.97. The van der Waals surface area contributed by atoms with Crippen molar-refractivity contribution in [1.29, 1.82) is 5.26 Å². The Morgan fingerprint density at radius 3 is 2.55 bits per heavy atom. The van der Waals surface area contributed by atoms with Gasteiger partial charge in [-0.2, -0.15) is 5.26 Å². The van der Waals surface area contributed by atoms with Crippen LogP contribution in [0.4, 0.5) is 0 Å². The third-order valence-corrected chi connectivity index (χ3v) is 5.01. The molecule has 1 heterocycles. The van der Waals surface area contributed by atoms with Gasteiger partial charge in [0.05, 0.1) is 24.1 Å². The van der Waals surface area contributed by atoms with E-state index < -0.39 is 17.9 Å². The number of nitrogens with zero attached hydrogens (tertiary/aromatic N) is 3. The van der Waals surface area contributed by atoms with Crippen LogP contribution in [-0.2, 0) is 18.3 Å². The third-order valence-electron chi connectivity index (χ3n) is 5.01. The van der Waals surface area contributed by atoms with Gasteiger partial charge in [0.2, 0.25) is 5.91 Å². The lowest BCUT2D eigenvalue weighted by atomic mass is 10.0. The SMILES string of the molecule is CN(C)C[C@H](O)CC(=O)N[C@H](C#N)Cc1ccc(-c2ccc3oc(=O)n(C)c3c2)cc1. The molecule has 0 saturated carbocycles. The molecule has 2 atom stereocenters. The van der Waals surface area contributed by atoms with Gasteiger partial charge in [-0.15, -0.1) is 0 Å². The maximum Gasteiger partial charge on any atom is 0.419 e.